The number of alkyl halides is 2. The van der Waals surface area contributed by atoms with Crippen molar-refractivity contribution in [3.8, 4) is 6.07 Å². The van der Waals surface area contributed by atoms with Gasteiger partial charge < -0.3 is 5.11 Å². The third kappa shape index (κ3) is 2.28. The lowest BCUT2D eigenvalue weighted by Crippen LogP contribution is -2.09. The van der Waals surface area contributed by atoms with Crippen LogP contribution >= 0.6 is 0 Å². The zero-order valence-electron chi connectivity index (χ0n) is 7.75. The maximum Gasteiger partial charge on any atom is 0.307 e. The molecule has 84 valence electrons. The molecule has 0 aliphatic carbocycles. The van der Waals surface area contributed by atoms with E-state index in [1.807, 2.05) is 0 Å². The molecule has 0 saturated carbocycles. The summed E-state index contributed by atoms with van der Waals surface area (Å²) in [5.41, 5.74) is -2.07. The molecule has 0 aliphatic heterocycles. The number of hydrogen-bond donors (Lipinski definition) is 1. The second-order valence-corrected chi connectivity index (χ2v) is 2.83. The van der Waals surface area contributed by atoms with Gasteiger partial charge in [-0.25, -0.2) is 13.2 Å². The molecule has 16 heavy (non-hydrogen) atoms. The molecule has 0 spiro atoms. The minimum atomic E-state index is -3.15. The smallest absolute Gasteiger partial charge is 0.307 e. The number of carbonyl (C=O) groups is 1. The molecule has 1 rings (SSSR count). The first-order chi connectivity index (χ1) is 7.47. The maximum absolute atomic E-state index is 13.4. The van der Waals surface area contributed by atoms with Crippen LogP contribution in [0.25, 0.3) is 0 Å². The molecule has 1 aromatic rings. The van der Waals surface area contributed by atoms with Gasteiger partial charge in [0.25, 0.3) is 6.43 Å². The van der Waals surface area contributed by atoms with Crippen LogP contribution in [-0.2, 0) is 11.2 Å². The molecule has 0 fully saturated rings. The zero-order chi connectivity index (χ0) is 12.3. The van der Waals surface area contributed by atoms with Crippen molar-refractivity contribution >= 4 is 5.97 Å². The molecule has 7 heteroatoms. The summed E-state index contributed by atoms with van der Waals surface area (Å²) in [5.74, 6) is -2.85. The van der Waals surface area contributed by atoms with Crippen LogP contribution in [0.5, 0.6) is 0 Å². The largest absolute Gasteiger partial charge is 0.481 e. The Balaban J connectivity index is 3.35. The van der Waals surface area contributed by atoms with E-state index in [9.17, 15) is 18.0 Å². The van der Waals surface area contributed by atoms with E-state index >= 15 is 0 Å². The number of halogens is 3. The van der Waals surface area contributed by atoms with Gasteiger partial charge >= 0.3 is 5.97 Å². The fraction of sp³-hybridized carbons (Fsp3) is 0.222. The minimum absolute atomic E-state index is 0.357. The minimum Gasteiger partial charge on any atom is -0.481 e. The van der Waals surface area contributed by atoms with Crippen LogP contribution in [0.1, 0.15) is 23.2 Å². The summed E-state index contributed by atoms with van der Waals surface area (Å²) in [7, 11) is 0. The maximum atomic E-state index is 13.4. The van der Waals surface area contributed by atoms with E-state index in [-0.39, 0.29) is 5.56 Å². The highest BCUT2D eigenvalue weighted by molar-refractivity contribution is 5.71. The molecule has 0 unspecified atom stereocenters. The van der Waals surface area contributed by atoms with Gasteiger partial charge in [-0.3, -0.25) is 9.78 Å². The van der Waals surface area contributed by atoms with Gasteiger partial charge in [-0.05, 0) is 0 Å². The van der Waals surface area contributed by atoms with Crippen LogP contribution in [0.2, 0.25) is 0 Å². The topological polar surface area (TPSA) is 74.0 Å². The standard InChI is InChI=1S/C9H5F3N2O2/c10-7-5(1-6(15)16)4(2-13)3-14-8(7)9(11)12/h3,9H,1H2,(H,15,16). The summed E-state index contributed by atoms with van der Waals surface area (Å²) < 4.78 is 37.9. The van der Waals surface area contributed by atoms with Gasteiger partial charge in [-0.2, -0.15) is 5.26 Å². The molecule has 0 aliphatic rings. The number of carboxylic acids is 1. The lowest BCUT2D eigenvalue weighted by Gasteiger charge is -2.06. The average molecular weight is 230 g/mol. The molecular formula is C9H5F3N2O2. The van der Waals surface area contributed by atoms with E-state index in [2.05, 4.69) is 4.98 Å². The predicted molar refractivity (Wildman–Crippen MR) is 45.2 cm³/mol. The van der Waals surface area contributed by atoms with E-state index in [1.54, 1.807) is 0 Å². The fourth-order valence-electron chi connectivity index (χ4n) is 1.11. The van der Waals surface area contributed by atoms with E-state index in [4.69, 9.17) is 10.4 Å². The number of rotatable bonds is 3. The highest BCUT2D eigenvalue weighted by Crippen LogP contribution is 2.24. The van der Waals surface area contributed by atoms with Crippen LogP contribution in [0.3, 0.4) is 0 Å². The molecule has 1 N–H and O–H groups in total. The molecule has 0 radical (unpaired) electrons. The lowest BCUT2D eigenvalue weighted by molar-refractivity contribution is -0.136. The molecule has 0 bridgehead atoms. The fourth-order valence-corrected chi connectivity index (χ4v) is 1.11. The Bertz CT molecular complexity index is 469. The number of nitriles is 1. The first-order valence-electron chi connectivity index (χ1n) is 4.04. The second kappa shape index (κ2) is 4.61. The molecular weight excluding hydrogens is 225 g/mol. The number of aromatic nitrogens is 1. The zero-order valence-corrected chi connectivity index (χ0v) is 7.75. The van der Waals surface area contributed by atoms with Crippen molar-refractivity contribution < 1.29 is 23.1 Å². The molecule has 4 nitrogen and oxygen atoms in total. The van der Waals surface area contributed by atoms with Gasteiger partial charge in [-0.1, -0.05) is 0 Å². The van der Waals surface area contributed by atoms with E-state index < -0.39 is 35.9 Å². The van der Waals surface area contributed by atoms with Gasteiger partial charge in [0.15, 0.2) is 5.82 Å². The molecule has 0 amide bonds. The normalized spacial score (nSPS) is 10.2. The van der Waals surface area contributed by atoms with Crippen molar-refractivity contribution in [2.24, 2.45) is 0 Å². The Morgan fingerprint density at radius 1 is 1.62 bits per heavy atom. The Morgan fingerprint density at radius 3 is 2.69 bits per heavy atom. The first kappa shape index (κ1) is 12.0. The number of hydrogen-bond acceptors (Lipinski definition) is 3. The number of aliphatic carboxylic acids is 1. The molecule has 1 aromatic heterocycles. The third-order valence-electron chi connectivity index (χ3n) is 1.80. The SMILES string of the molecule is N#Cc1cnc(C(F)F)c(F)c1CC(=O)O. The summed E-state index contributed by atoms with van der Waals surface area (Å²) in [6, 6.07) is 1.50. The summed E-state index contributed by atoms with van der Waals surface area (Å²) in [6.07, 6.45) is -3.25. The van der Waals surface area contributed by atoms with Gasteiger partial charge in [0, 0.05) is 11.8 Å². The van der Waals surface area contributed by atoms with Crippen LogP contribution in [-0.4, -0.2) is 16.1 Å². The third-order valence-corrected chi connectivity index (χ3v) is 1.80. The van der Waals surface area contributed by atoms with Crippen molar-refractivity contribution in [1.82, 2.24) is 4.98 Å². The van der Waals surface area contributed by atoms with Gasteiger partial charge in [0.2, 0.25) is 0 Å². The van der Waals surface area contributed by atoms with E-state index in [0.717, 1.165) is 6.20 Å². The Kier molecular flexibility index (Phi) is 3.45. The van der Waals surface area contributed by atoms with Gasteiger partial charge in [-0.15, -0.1) is 0 Å². The summed E-state index contributed by atoms with van der Waals surface area (Å²) in [6.45, 7) is 0. The number of nitrogens with zero attached hydrogens (tertiary/aromatic N) is 2. The van der Waals surface area contributed by atoms with E-state index in [1.165, 1.54) is 6.07 Å². The monoisotopic (exact) mass is 230 g/mol. The lowest BCUT2D eigenvalue weighted by atomic mass is 10.1. The van der Waals surface area contributed by atoms with Crippen LogP contribution in [0.15, 0.2) is 6.20 Å². The Morgan fingerprint density at radius 2 is 2.25 bits per heavy atom. The van der Waals surface area contributed by atoms with Gasteiger partial charge in [0.1, 0.15) is 11.8 Å². The Hall–Kier alpha value is -2.10. The average Bonchev–Trinajstić information content (AvgIpc) is 2.19. The molecule has 0 aromatic carbocycles. The Labute approximate surface area is 88.0 Å². The summed E-state index contributed by atoms with van der Waals surface area (Å²) in [5, 5.41) is 17.0. The summed E-state index contributed by atoms with van der Waals surface area (Å²) in [4.78, 5) is 13.5. The van der Waals surface area contributed by atoms with Crippen LogP contribution in [0.4, 0.5) is 13.2 Å². The quantitative estimate of drug-likeness (QED) is 0.856. The molecule has 0 atom stereocenters. The van der Waals surface area contributed by atoms with Crippen molar-refractivity contribution in [2.45, 2.75) is 12.8 Å². The molecule has 1 heterocycles. The first-order valence-corrected chi connectivity index (χ1v) is 4.04. The van der Waals surface area contributed by atoms with Gasteiger partial charge in [0.05, 0.1) is 12.0 Å². The van der Waals surface area contributed by atoms with E-state index in [0.29, 0.717) is 0 Å². The number of pyridine rings is 1. The highest BCUT2D eigenvalue weighted by atomic mass is 19.3. The van der Waals surface area contributed by atoms with Crippen molar-refractivity contribution in [2.75, 3.05) is 0 Å². The van der Waals surface area contributed by atoms with Crippen molar-refractivity contribution in [3.05, 3.63) is 28.8 Å². The molecule has 0 saturated heterocycles. The summed E-state index contributed by atoms with van der Waals surface area (Å²) >= 11 is 0. The van der Waals surface area contributed by atoms with Crippen molar-refractivity contribution in [1.29, 1.82) is 5.26 Å². The number of carboxylic acid groups (broad SMARTS) is 1. The second-order valence-electron chi connectivity index (χ2n) is 2.83. The van der Waals surface area contributed by atoms with Crippen LogP contribution in [0, 0.1) is 17.1 Å². The van der Waals surface area contributed by atoms with Crippen molar-refractivity contribution in [3.63, 3.8) is 0 Å². The highest BCUT2D eigenvalue weighted by Gasteiger charge is 2.22. The predicted octanol–water partition coefficient (Wildman–Crippen LogP) is 1.66. The van der Waals surface area contributed by atoms with Crippen LogP contribution < -0.4 is 0 Å².